The third kappa shape index (κ3) is 14.6. The lowest BCUT2D eigenvalue weighted by Crippen LogP contribution is -2.56. The molecular formula is C38H56N4O6S. The van der Waals surface area contributed by atoms with E-state index in [0.717, 1.165) is 42.1 Å². The van der Waals surface area contributed by atoms with Gasteiger partial charge < -0.3 is 30.4 Å². The molecule has 4 N–H and O–H groups in total. The first-order valence-electron chi connectivity index (χ1n) is 16.8. The van der Waals surface area contributed by atoms with Gasteiger partial charge in [-0.25, -0.2) is 9.59 Å². The van der Waals surface area contributed by atoms with E-state index in [-0.39, 0.29) is 16.9 Å². The van der Waals surface area contributed by atoms with Crippen molar-refractivity contribution in [2.24, 2.45) is 0 Å². The van der Waals surface area contributed by atoms with Crippen molar-refractivity contribution in [3.63, 3.8) is 0 Å². The minimum Gasteiger partial charge on any atom is -0.467 e. The second-order valence-corrected chi connectivity index (χ2v) is 15.4. The molecule has 11 heteroatoms. The molecule has 1 heterocycles. The van der Waals surface area contributed by atoms with Crippen molar-refractivity contribution in [2.45, 2.75) is 116 Å². The normalized spacial score (nSPS) is 14.8. The molecule has 10 nitrogen and oxygen atoms in total. The number of rotatable bonds is 18. The van der Waals surface area contributed by atoms with E-state index < -0.39 is 47.6 Å². The van der Waals surface area contributed by atoms with Crippen LogP contribution in [0.2, 0.25) is 0 Å². The number of allylic oxidation sites excluding steroid dienone is 4. The fourth-order valence-corrected chi connectivity index (χ4v) is 6.13. The Morgan fingerprint density at radius 3 is 2.29 bits per heavy atom. The molecule has 0 aliphatic rings. The fourth-order valence-electron chi connectivity index (χ4n) is 4.97. The molecule has 0 aliphatic carbocycles. The predicted molar refractivity (Wildman–Crippen MR) is 199 cm³/mol. The van der Waals surface area contributed by atoms with Gasteiger partial charge in [0.2, 0.25) is 11.8 Å². The maximum atomic E-state index is 13.6. The van der Waals surface area contributed by atoms with Gasteiger partial charge in [0.15, 0.2) is 0 Å². The summed E-state index contributed by atoms with van der Waals surface area (Å²) in [5.74, 6) is -1.54. The molecule has 2 aromatic rings. The van der Waals surface area contributed by atoms with Crippen LogP contribution in [-0.2, 0) is 30.3 Å². The minimum absolute atomic E-state index is 0.187. The van der Waals surface area contributed by atoms with Crippen molar-refractivity contribution >= 4 is 46.5 Å². The van der Waals surface area contributed by atoms with Gasteiger partial charge in [-0.2, -0.15) is 0 Å². The maximum Gasteiger partial charge on any atom is 0.408 e. The number of alkyl carbamates (subject to hydrolysis) is 1. The molecule has 270 valence electrons. The summed E-state index contributed by atoms with van der Waals surface area (Å²) in [6, 6.07) is 4.62. The van der Waals surface area contributed by atoms with Gasteiger partial charge >= 0.3 is 12.1 Å². The average molecular weight is 697 g/mol. The summed E-state index contributed by atoms with van der Waals surface area (Å²) in [7, 11) is 1.26. The number of aromatic nitrogens is 1. The number of para-hydroxylation sites is 1. The summed E-state index contributed by atoms with van der Waals surface area (Å²) >= 11 is 1.50. The third-order valence-electron chi connectivity index (χ3n) is 7.90. The molecule has 1 aromatic carbocycles. The van der Waals surface area contributed by atoms with Crippen molar-refractivity contribution in [1.82, 2.24) is 20.9 Å². The standard InChI is InChI=1S/C38H56N4O6S/c1-11-38(9,21-15-18-26(4)17-14-16-25(2)3)49-24-32(42-36(46)48-37(6,7)8)34(44)40-27(5)33(43)41-31(35(45)47-10)22-28-23-39-30-20-13-12-19-29(28)30/h11-13,16,18-20,23,27,31-32,39H,1,14-15,17,21-22,24H2,2-10H3,(H,40,44)(H,41,43)(H,42,46)/b26-18+/t27-,31-,32-,38?/m0/s1. The van der Waals surface area contributed by atoms with Crippen LogP contribution in [0.3, 0.4) is 0 Å². The first-order valence-corrected chi connectivity index (χ1v) is 17.7. The Morgan fingerprint density at radius 2 is 1.65 bits per heavy atom. The van der Waals surface area contributed by atoms with Gasteiger partial charge in [0, 0.05) is 34.0 Å². The Bertz CT molecular complexity index is 1500. The summed E-state index contributed by atoms with van der Waals surface area (Å²) in [6.07, 6.45) is 11.2. The fraction of sp³-hybridized carbons (Fsp3) is 0.526. The van der Waals surface area contributed by atoms with E-state index in [1.165, 1.54) is 36.9 Å². The Balaban J connectivity index is 2.12. The van der Waals surface area contributed by atoms with E-state index in [4.69, 9.17) is 9.47 Å². The predicted octanol–water partition coefficient (Wildman–Crippen LogP) is 6.92. The van der Waals surface area contributed by atoms with E-state index in [0.29, 0.717) is 0 Å². The molecule has 1 unspecified atom stereocenters. The number of carbonyl (C=O) groups is 4. The monoisotopic (exact) mass is 696 g/mol. The Kier molecular flexibility index (Phi) is 16.2. The molecule has 4 atom stereocenters. The Morgan fingerprint density at radius 1 is 0.959 bits per heavy atom. The second kappa shape index (κ2) is 19.3. The van der Waals surface area contributed by atoms with Crippen LogP contribution < -0.4 is 16.0 Å². The molecular weight excluding hydrogens is 641 g/mol. The maximum absolute atomic E-state index is 13.6. The largest absolute Gasteiger partial charge is 0.467 e. The van der Waals surface area contributed by atoms with Crippen LogP contribution in [0.25, 0.3) is 10.9 Å². The number of hydrogen-bond acceptors (Lipinski definition) is 7. The lowest BCUT2D eigenvalue weighted by molar-refractivity contribution is -0.145. The van der Waals surface area contributed by atoms with Crippen molar-refractivity contribution in [3.05, 3.63) is 72.0 Å². The number of carbonyl (C=O) groups excluding carboxylic acids is 4. The number of benzene rings is 1. The summed E-state index contributed by atoms with van der Waals surface area (Å²) in [4.78, 5) is 55.5. The number of methoxy groups -OCH3 is 1. The molecule has 2 rings (SSSR count). The molecule has 0 saturated heterocycles. The van der Waals surface area contributed by atoms with Crippen LogP contribution in [0, 0.1) is 0 Å². The van der Waals surface area contributed by atoms with Gasteiger partial charge in [-0.3, -0.25) is 9.59 Å². The Hall–Kier alpha value is -3.99. The third-order valence-corrected chi connectivity index (χ3v) is 9.43. The zero-order valence-electron chi connectivity index (χ0n) is 30.7. The smallest absolute Gasteiger partial charge is 0.408 e. The van der Waals surface area contributed by atoms with Crippen molar-refractivity contribution in [3.8, 4) is 0 Å². The van der Waals surface area contributed by atoms with Crippen LogP contribution in [0.1, 0.15) is 86.6 Å². The van der Waals surface area contributed by atoms with Crippen molar-refractivity contribution in [1.29, 1.82) is 0 Å². The number of H-pyrrole nitrogens is 1. The first-order chi connectivity index (χ1) is 23.0. The highest BCUT2D eigenvalue weighted by atomic mass is 32.2. The second-order valence-electron chi connectivity index (χ2n) is 13.8. The van der Waals surface area contributed by atoms with E-state index in [1.54, 1.807) is 27.0 Å². The van der Waals surface area contributed by atoms with Gasteiger partial charge in [-0.1, -0.05) is 47.6 Å². The lowest BCUT2D eigenvalue weighted by Gasteiger charge is -2.29. The van der Waals surface area contributed by atoms with Gasteiger partial charge in [0.05, 0.1) is 7.11 Å². The minimum atomic E-state index is -1.03. The molecule has 0 saturated carbocycles. The molecule has 0 aliphatic heterocycles. The van der Waals surface area contributed by atoms with E-state index in [9.17, 15) is 19.2 Å². The SMILES string of the molecule is C=CC(C)(CC/C=C(\C)CCC=C(C)C)SC[C@H](NC(=O)OC(C)(C)C)C(=O)N[C@@H](C)C(=O)N[C@@H](Cc1c[nH]c2ccccc12)C(=O)OC. The number of hydrogen-bond donors (Lipinski definition) is 4. The number of nitrogens with one attached hydrogen (secondary N) is 4. The van der Waals surface area contributed by atoms with Gasteiger partial charge in [-0.15, -0.1) is 18.3 Å². The van der Waals surface area contributed by atoms with E-state index >= 15 is 0 Å². The topological polar surface area (TPSA) is 139 Å². The number of thioether (sulfide) groups is 1. The van der Waals surface area contributed by atoms with Gasteiger partial charge in [-0.05, 0) is 92.7 Å². The number of ether oxygens (including phenoxy) is 2. The van der Waals surface area contributed by atoms with Gasteiger partial charge in [0.1, 0.15) is 23.7 Å². The number of amides is 3. The van der Waals surface area contributed by atoms with Crippen LogP contribution in [0.5, 0.6) is 0 Å². The highest BCUT2D eigenvalue weighted by molar-refractivity contribution is 8.00. The van der Waals surface area contributed by atoms with Gasteiger partial charge in [0.25, 0.3) is 0 Å². The Labute approximate surface area is 296 Å². The average Bonchev–Trinajstić information content (AvgIpc) is 3.43. The lowest BCUT2D eigenvalue weighted by atomic mass is 10.0. The summed E-state index contributed by atoms with van der Waals surface area (Å²) < 4.78 is 10.0. The molecule has 0 radical (unpaired) electrons. The van der Waals surface area contributed by atoms with Crippen LogP contribution >= 0.6 is 11.8 Å². The number of aromatic amines is 1. The van der Waals surface area contributed by atoms with E-state index in [2.05, 4.69) is 67.4 Å². The summed E-state index contributed by atoms with van der Waals surface area (Å²) in [5.41, 5.74) is 3.60. The molecule has 0 bridgehead atoms. The van der Waals surface area contributed by atoms with Crippen LogP contribution in [0.4, 0.5) is 4.79 Å². The number of fused-ring (bicyclic) bond motifs is 1. The van der Waals surface area contributed by atoms with Crippen molar-refractivity contribution < 1.29 is 28.7 Å². The van der Waals surface area contributed by atoms with E-state index in [1.807, 2.05) is 30.3 Å². The molecule has 3 amide bonds. The molecule has 0 spiro atoms. The van der Waals surface area contributed by atoms with Crippen molar-refractivity contribution in [2.75, 3.05) is 12.9 Å². The number of esters is 1. The summed E-state index contributed by atoms with van der Waals surface area (Å²) in [5, 5.41) is 9.04. The summed E-state index contributed by atoms with van der Waals surface area (Å²) in [6.45, 7) is 19.2. The highest BCUT2D eigenvalue weighted by Gasteiger charge is 2.31. The first kappa shape index (κ1) is 41.2. The highest BCUT2D eigenvalue weighted by Crippen LogP contribution is 2.32. The van der Waals surface area contributed by atoms with Crippen LogP contribution in [-0.4, -0.2) is 70.2 Å². The molecule has 49 heavy (non-hydrogen) atoms. The molecule has 1 aromatic heterocycles. The zero-order valence-corrected chi connectivity index (χ0v) is 31.5. The zero-order chi connectivity index (χ0) is 36.8. The van der Waals surface area contributed by atoms with Crippen LogP contribution in [0.15, 0.2) is 66.4 Å². The quantitative estimate of drug-likeness (QED) is 0.0981. The molecule has 0 fully saturated rings.